The van der Waals surface area contributed by atoms with Crippen LogP contribution in [0.2, 0.25) is 0 Å². The smallest absolute Gasteiger partial charge is 0.295 e. The van der Waals surface area contributed by atoms with Gasteiger partial charge >= 0.3 is 0 Å². The molecule has 0 fully saturated rings. The Balaban J connectivity index is 1.24. The van der Waals surface area contributed by atoms with Gasteiger partial charge in [0.1, 0.15) is 9.79 Å². The molecular formula is C30H22N2O12S2. The van der Waals surface area contributed by atoms with Gasteiger partial charge in [-0.15, -0.1) is 0 Å². The number of hydrogen-bond donors (Lipinski definition) is 4. The van der Waals surface area contributed by atoms with Gasteiger partial charge in [-0.2, -0.15) is 16.8 Å². The first-order valence-corrected chi connectivity index (χ1v) is 16.1. The Morgan fingerprint density at radius 1 is 0.565 bits per heavy atom. The van der Waals surface area contributed by atoms with E-state index in [-0.39, 0.29) is 47.2 Å². The van der Waals surface area contributed by atoms with E-state index in [0.29, 0.717) is 23.0 Å². The van der Waals surface area contributed by atoms with Crippen LogP contribution in [0.5, 0.6) is 23.0 Å². The normalized spacial score (nSPS) is 13.5. The largest absolute Gasteiger partial charge is 0.454 e. The zero-order valence-corrected chi connectivity index (χ0v) is 24.9. The van der Waals surface area contributed by atoms with E-state index in [4.69, 9.17) is 18.9 Å². The molecule has 0 unspecified atom stereocenters. The number of anilines is 2. The highest BCUT2D eigenvalue weighted by molar-refractivity contribution is 7.86. The molecule has 0 spiro atoms. The molecule has 6 rings (SSSR count). The molecule has 0 radical (unpaired) electrons. The van der Waals surface area contributed by atoms with Crippen LogP contribution < -0.4 is 29.6 Å². The van der Waals surface area contributed by atoms with Crippen molar-refractivity contribution in [2.75, 3.05) is 24.2 Å². The summed E-state index contributed by atoms with van der Waals surface area (Å²) in [5.41, 5.74) is 0.349. The van der Waals surface area contributed by atoms with Crippen LogP contribution in [0.1, 0.15) is 31.8 Å². The van der Waals surface area contributed by atoms with Crippen molar-refractivity contribution in [2.24, 2.45) is 0 Å². The van der Waals surface area contributed by atoms with Crippen molar-refractivity contribution >= 4 is 55.6 Å². The molecule has 4 N–H and O–H groups in total. The van der Waals surface area contributed by atoms with Gasteiger partial charge < -0.3 is 29.6 Å². The summed E-state index contributed by atoms with van der Waals surface area (Å²) in [5.74, 6) is 0.503. The van der Waals surface area contributed by atoms with Crippen LogP contribution in [0, 0.1) is 0 Å². The first-order chi connectivity index (χ1) is 21.8. The van der Waals surface area contributed by atoms with E-state index < -0.39 is 41.8 Å². The van der Waals surface area contributed by atoms with Gasteiger partial charge in [-0.1, -0.05) is 24.3 Å². The van der Waals surface area contributed by atoms with Crippen LogP contribution in [0.3, 0.4) is 0 Å². The lowest BCUT2D eigenvalue weighted by Crippen LogP contribution is -2.13. The fourth-order valence-electron chi connectivity index (χ4n) is 4.61. The number of ether oxygens (including phenoxy) is 4. The lowest BCUT2D eigenvalue weighted by Gasteiger charge is -2.11. The highest BCUT2D eigenvalue weighted by atomic mass is 32.2. The fraction of sp³-hybridized carbons (Fsp3) is 0.0667. The molecule has 236 valence electrons. The number of nitrogens with one attached hydrogen (secondary N) is 2. The second-order valence-electron chi connectivity index (χ2n) is 9.83. The van der Waals surface area contributed by atoms with E-state index >= 15 is 0 Å². The number of hydrogen-bond acceptors (Lipinski definition) is 10. The van der Waals surface area contributed by atoms with Gasteiger partial charge in [-0.25, -0.2) is 0 Å². The molecule has 2 heterocycles. The third-order valence-corrected chi connectivity index (χ3v) is 8.63. The summed E-state index contributed by atoms with van der Waals surface area (Å²) in [7, 11) is -9.66. The molecule has 2 aliphatic heterocycles. The Labute approximate surface area is 261 Å². The molecule has 4 aromatic rings. The molecule has 46 heavy (non-hydrogen) atoms. The first kappa shape index (κ1) is 30.6. The van der Waals surface area contributed by atoms with Crippen molar-refractivity contribution in [3.8, 4) is 23.0 Å². The maximum Gasteiger partial charge on any atom is 0.295 e. The molecule has 0 bridgehead atoms. The minimum Gasteiger partial charge on any atom is -0.454 e. The van der Waals surface area contributed by atoms with Crippen molar-refractivity contribution in [1.82, 2.24) is 0 Å². The van der Waals surface area contributed by atoms with Gasteiger partial charge in [0, 0.05) is 22.5 Å². The van der Waals surface area contributed by atoms with E-state index in [1.807, 2.05) is 0 Å². The number of carbonyl (C=O) groups excluding carboxylic acids is 2. The minimum atomic E-state index is -4.83. The Hall–Kier alpha value is -5.42. The van der Waals surface area contributed by atoms with Crippen LogP contribution >= 0.6 is 0 Å². The standard InChI is InChI=1S/C30H22N2O12S2/c33-29(19-5-9-23-25(11-19)43-15-41-23)31-21-7-3-17(27(13-21)45(35,36)37)1-2-18-4-8-22(14-28(18)46(38,39)40)32-30(34)20-6-10-24-26(12-20)44-16-42-24/h1-14H,15-16H2,(H,31,33)(H,32,34)(H,35,36,37)(H,38,39,40). The summed E-state index contributed by atoms with van der Waals surface area (Å²) < 4.78 is 89.7. The summed E-state index contributed by atoms with van der Waals surface area (Å²) in [4.78, 5) is 24.4. The number of rotatable bonds is 8. The summed E-state index contributed by atoms with van der Waals surface area (Å²) in [6.07, 6.45) is 2.39. The molecule has 4 aromatic carbocycles. The quantitative estimate of drug-likeness (QED) is 0.153. The van der Waals surface area contributed by atoms with E-state index in [9.17, 15) is 35.5 Å². The Morgan fingerprint density at radius 3 is 1.35 bits per heavy atom. The van der Waals surface area contributed by atoms with Crippen molar-refractivity contribution in [3.05, 3.63) is 95.1 Å². The molecule has 0 saturated carbocycles. The topological polar surface area (TPSA) is 204 Å². The second kappa shape index (κ2) is 11.8. The molecule has 0 saturated heterocycles. The molecule has 0 aliphatic carbocycles. The average molecular weight is 667 g/mol. The van der Waals surface area contributed by atoms with Gasteiger partial charge in [0.15, 0.2) is 23.0 Å². The van der Waals surface area contributed by atoms with E-state index in [1.165, 1.54) is 60.7 Å². The minimum absolute atomic E-state index is 0.0157. The van der Waals surface area contributed by atoms with E-state index in [2.05, 4.69) is 10.6 Å². The molecule has 16 heteroatoms. The lowest BCUT2D eigenvalue weighted by molar-refractivity contribution is 0.101. The SMILES string of the molecule is O=C(Nc1ccc(C=Cc2ccc(NC(=O)c3ccc4c(c3)OCO4)cc2S(=O)(=O)O)c(S(=O)(=O)O)c1)c1ccc2c(c1)OCO2. The average Bonchev–Trinajstić information content (AvgIpc) is 3.68. The Morgan fingerprint density at radius 2 is 0.957 bits per heavy atom. The van der Waals surface area contributed by atoms with Gasteiger partial charge in [-0.05, 0) is 71.8 Å². The number of carbonyl (C=O) groups is 2. The summed E-state index contributed by atoms with van der Waals surface area (Å²) in [6.45, 7) is 0.0314. The monoisotopic (exact) mass is 666 g/mol. The number of amides is 2. The maximum absolute atomic E-state index is 12.8. The number of benzene rings is 4. The molecule has 2 aliphatic rings. The van der Waals surface area contributed by atoms with Crippen molar-refractivity contribution in [3.63, 3.8) is 0 Å². The van der Waals surface area contributed by atoms with Crippen LogP contribution in [-0.4, -0.2) is 51.3 Å². The van der Waals surface area contributed by atoms with Crippen molar-refractivity contribution in [1.29, 1.82) is 0 Å². The first-order valence-electron chi connectivity index (χ1n) is 13.2. The van der Waals surface area contributed by atoms with Gasteiger partial charge in [-0.3, -0.25) is 18.7 Å². The predicted octanol–water partition coefficient (Wildman–Crippen LogP) is 4.31. The van der Waals surface area contributed by atoms with Gasteiger partial charge in [0.25, 0.3) is 32.1 Å². The fourth-order valence-corrected chi connectivity index (χ4v) is 6.03. The third-order valence-electron chi connectivity index (χ3n) is 6.81. The molecule has 2 amide bonds. The highest BCUT2D eigenvalue weighted by Crippen LogP contribution is 2.34. The zero-order valence-electron chi connectivity index (χ0n) is 23.3. The van der Waals surface area contributed by atoms with Crippen LogP contribution in [0.25, 0.3) is 12.2 Å². The zero-order chi connectivity index (χ0) is 32.6. The summed E-state index contributed by atoms with van der Waals surface area (Å²) >= 11 is 0. The van der Waals surface area contributed by atoms with Crippen molar-refractivity contribution in [2.45, 2.75) is 9.79 Å². The van der Waals surface area contributed by atoms with Crippen LogP contribution in [0.15, 0.2) is 82.6 Å². The Kier molecular flexibility index (Phi) is 7.87. The molecule has 0 atom stereocenters. The van der Waals surface area contributed by atoms with E-state index in [0.717, 1.165) is 12.1 Å². The third kappa shape index (κ3) is 6.50. The number of fused-ring (bicyclic) bond motifs is 2. The van der Waals surface area contributed by atoms with Gasteiger partial charge in [0.2, 0.25) is 13.6 Å². The van der Waals surface area contributed by atoms with Crippen LogP contribution in [0.4, 0.5) is 11.4 Å². The van der Waals surface area contributed by atoms with E-state index in [1.54, 1.807) is 12.1 Å². The van der Waals surface area contributed by atoms with Crippen molar-refractivity contribution < 1.29 is 54.5 Å². The summed E-state index contributed by atoms with van der Waals surface area (Å²) in [6, 6.07) is 16.4. The molecule has 14 nitrogen and oxygen atoms in total. The van der Waals surface area contributed by atoms with Gasteiger partial charge in [0.05, 0.1) is 0 Å². The summed E-state index contributed by atoms with van der Waals surface area (Å²) in [5, 5.41) is 5.09. The molecular weight excluding hydrogens is 644 g/mol. The second-order valence-corrected chi connectivity index (χ2v) is 12.6. The maximum atomic E-state index is 12.8. The Bertz CT molecular complexity index is 2010. The lowest BCUT2D eigenvalue weighted by atomic mass is 10.1. The molecule has 0 aromatic heterocycles. The van der Waals surface area contributed by atoms with Crippen LogP contribution in [-0.2, 0) is 20.2 Å². The predicted molar refractivity (Wildman–Crippen MR) is 162 cm³/mol. The highest BCUT2D eigenvalue weighted by Gasteiger charge is 2.21.